The highest BCUT2D eigenvalue weighted by atomic mass is 16.6. The third-order valence-electron chi connectivity index (χ3n) is 4.12. The maximum atomic E-state index is 12.5. The molecule has 1 amide bonds. The molecule has 0 aliphatic carbocycles. The summed E-state index contributed by atoms with van der Waals surface area (Å²) in [7, 11) is 0. The predicted molar refractivity (Wildman–Crippen MR) is 90.2 cm³/mol. The van der Waals surface area contributed by atoms with Crippen molar-refractivity contribution in [2.24, 2.45) is 0 Å². The van der Waals surface area contributed by atoms with Gasteiger partial charge in [0, 0.05) is 16.2 Å². The Kier molecular flexibility index (Phi) is 4.49. The highest BCUT2D eigenvalue weighted by Gasteiger charge is 2.49. The van der Waals surface area contributed by atoms with Crippen molar-refractivity contribution in [3.63, 3.8) is 0 Å². The Bertz CT molecular complexity index is 923. The number of nitrogens with one attached hydrogen (secondary N) is 1. The number of rotatable bonds is 5. The van der Waals surface area contributed by atoms with Gasteiger partial charge in [0.1, 0.15) is 0 Å². The minimum atomic E-state index is -2.02. The molecule has 0 bridgehead atoms. The highest BCUT2D eigenvalue weighted by molar-refractivity contribution is 6.42. The van der Waals surface area contributed by atoms with Crippen LogP contribution in [-0.2, 0) is 14.3 Å². The average Bonchev–Trinajstić information content (AvgIpc) is 2.94. The van der Waals surface area contributed by atoms with Crippen LogP contribution in [0.1, 0.15) is 27.6 Å². The van der Waals surface area contributed by atoms with Gasteiger partial charge < -0.3 is 10.1 Å². The van der Waals surface area contributed by atoms with Gasteiger partial charge in [-0.15, -0.1) is 0 Å². The number of esters is 1. The maximum absolute atomic E-state index is 12.5. The maximum Gasteiger partial charge on any atom is 0.339 e. The second-order valence-corrected chi connectivity index (χ2v) is 5.78. The standard InChI is InChI=1S/C18H14N2O6/c1-10-6-2-5-9-13(10)19-17(22)15(21)14(20(24)25)16-11-7-3-4-8-12(11)18(23)26-16/h2-9,14,16H,1H3,(H,19,22)/t14-,16-/m0/s1. The Morgan fingerprint density at radius 3 is 2.50 bits per heavy atom. The van der Waals surface area contributed by atoms with Gasteiger partial charge in [-0.25, -0.2) is 4.79 Å². The summed E-state index contributed by atoms with van der Waals surface area (Å²) in [6.45, 7) is 1.72. The Morgan fingerprint density at radius 2 is 1.81 bits per heavy atom. The summed E-state index contributed by atoms with van der Waals surface area (Å²) in [4.78, 5) is 47.2. The zero-order valence-electron chi connectivity index (χ0n) is 13.7. The first-order valence-electron chi connectivity index (χ1n) is 7.74. The van der Waals surface area contributed by atoms with Crippen LogP contribution >= 0.6 is 0 Å². The molecule has 1 aliphatic heterocycles. The summed E-state index contributed by atoms with van der Waals surface area (Å²) in [5.41, 5.74) is 1.44. The van der Waals surface area contributed by atoms with E-state index in [1.54, 1.807) is 43.3 Å². The van der Waals surface area contributed by atoms with Crippen LogP contribution in [0.25, 0.3) is 0 Å². The summed E-state index contributed by atoms with van der Waals surface area (Å²) in [6, 6.07) is 10.8. The molecule has 8 nitrogen and oxygen atoms in total. The third-order valence-corrected chi connectivity index (χ3v) is 4.12. The van der Waals surface area contributed by atoms with Crippen LogP contribution in [0.4, 0.5) is 5.69 Å². The number of cyclic esters (lactones) is 1. The fourth-order valence-electron chi connectivity index (χ4n) is 2.78. The Balaban J connectivity index is 1.88. The van der Waals surface area contributed by atoms with Crippen LogP contribution in [0.15, 0.2) is 48.5 Å². The van der Waals surface area contributed by atoms with Gasteiger partial charge in [-0.1, -0.05) is 36.4 Å². The minimum Gasteiger partial charge on any atom is -0.446 e. The molecule has 0 fully saturated rings. The second kappa shape index (κ2) is 6.75. The van der Waals surface area contributed by atoms with Crippen LogP contribution in [-0.4, -0.2) is 28.6 Å². The van der Waals surface area contributed by atoms with E-state index in [2.05, 4.69) is 5.32 Å². The van der Waals surface area contributed by atoms with E-state index in [1.165, 1.54) is 12.1 Å². The van der Waals surface area contributed by atoms with Gasteiger partial charge in [0.25, 0.3) is 11.7 Å². The van der Waals surface area contributed by atoms with Gasteiger partial charge in [-0.3, -0.25) is 19.7 Å². The number of fused-ring (bicyclic) bond motifs is 1. The van der Waals surface area contributed by atoms with Gasteiger partial charge >= 0.3 is 12.0 Å². The minimum absolute atomic E-state index is 0.150. The number of anilines is 1. The van der Waals surface area contributed by atoms with Crippen molar-refractivity contribution in [3.05, 3.63) is 75.3 Å². The first kappa shape index (κ1) is 17.3. The van der Waals surface area contributed by atoms with Crippen molar-refractivity contribution in [1.82, 2.24) is 0 Å². The van der Waals surface area contributed by atoms with E-state index in [0.29, 0.717) is 11.3 Å². The van der Waals surface area contributed by atoms with E-state index in [-0.39, 0.29) is 11.1 Å². The largest absolute Gasteiger partial charge is 0.446 e. The van der Waals surface area contributed by atoms with Crippen molar-refractivity contribution in [2.45, 2.75) is 19.1 Å². The van der Waals surface area contributed by atoms with E-state index in [1.807, 2.05) is 0 Å². The van der Waals surface area contributed by atoms with E-state index < -0.39 is 34.7 Å². The summed E-state index contributed by atoms with van der Waals surface area (Å²) in [5.74, 6) is -3.18. The molecule has 8 heteroatoms. The molecule has 26 heavy (non-hydrogen) atoms. The van der Waals surface area contributed by atoms with E-state index in [9.17, 15) is 24.5 Å². The molecule has 1 aliphatic rings. The van der Waals surface area contributed by atoms with E-state index >= 15 is 0 Å². The lowest BCUT2D eigenvalue weighted by Gasteiger charge is -2.15. The molecule has 2 aromatic carbocycles. The summed E-state index contributed by atoms with van der Waals surface area (Å²) in [5, 5.41) is 13.9. The Hall–Kier alpha value is -3.55. The number of hydrogen-bond acceptors (Lipinski definition) is 6. The summed E-state index contributed by atoms with van der Waals surface area (Å²) in [6.07, 6.45) is -1.44. The number of nitro groups is 1. The summed E-state index contributed by atoms with van der Waals surface area (Å²) < 4.78 is 5.02. The van der Waals surface area contributed by atoms with Crippen molar-refractivity contribution >= 4 is 23.3 Å². The van der Waals surface area contributed by atoms with Crippen LogP contribution < -0.4 is 5.32 Å². The molecular weight excluding hydrogens is 340 g/mol. The first-order valence-corrected chi connectivity index (χ1v) is 7.74. The van der Waals surface area contributed by atoms with Gasteiger partial charge in [-0.2, -0.15) is 0 Å². The SMILES string of the molecule is Cc1ccccc1NC(=O)C(=O)[C@@H]([C@H]1OC(=O)c2ccccc21)[N+](=O)[O-]. The highest BCUT2D eigenvalue weighted by Crippen LogP contribution is 2.34. The quantitative estimate of drug-likeness (QED) is 0.380. The topological polar surface area (TPSA) is 116 Å². The molecular formula is C18H14N2O6. The van der Waals surface area contributed by atoms with Crippen molar-refractivity contribution in [3.8, 4) is 0 Å². The number of ether oxygens (including phenoxy) is 1. The fourth-order valence-corrected chi connectivity index (χ4v) is 2.78. The number of ketones is 1. The number of carbonyl (C=O) groups is 3. The molecule has 3 rings (SSSR count). The van der Waals surface area contributed by atoms with Crippen LogP contribution in [0.3, 0.4) is 0 Å². The fraction of sp³-hybridized carbons (Fsp3) is 0.167. The van der Waals surface area contributed by atoms with Crippen LogP contribution in [0, 0.1) is 17.0 Å². The van der Waals surface area contributed by atoms with Crippen molar-refractivity contribution < 1.29 is 24.0 Å². The van der Waals surface area contributed by atoms with E-state index in [4.69, 9.17) is 4.74 Å². The third kappa shape index (κ3) is 3.04. The molecule has 0 saturated heterocycles. The number of amides is 1. The molecule has 2 atom stereocenters. The lowest BCUT2D eigenvalue weighted by molar-refractivity contribution is -0.518. The molecule has 2 aromatic rings. The molecule has 0 saturated carbocycles. The monoisotopic (exact) mass is 354 g/mol. The van der Waals surface area contributed by atoms with Crippen LogP contribution in [0.5, 0.6) is 0 Å². The molecule has 1 heterocycles. The van der Waals surface area contributed by atoms with Gasteiger partial charge in [0.15, 0.2) is 0 Å². The number of hydrogen-bond donors (Lipinski definition) is 1. The molecule has 0 unspecified atom stereocenters. The van der Waals surface area contributed by atoms with Gasteiger partial charge in [0.05, 0.1) is 5.56 Å². The number of carbonyl (C=O) groups excluding carboxylic acids is 3. The molecule has 132 valence electrons. The van der Waals surface area contributed by atoms with Gasteiger partial charge in [0.2, 0.25) is 6.10 Å². The Morgan fingerprint density at radius 1 is 1.15 bits per heavy atom. The number of benzene rings is 2. The lowest BCUT2D eigenvalue weighted by Crippen LogP contribution is -2.42. The van der Waals surface area contributed by atoms with Crippen molar-refractivity contribution in [1.29, 1.82) is 0 Å². The Labute approximate surface area is 147 Å². The first-order chi connectivity index (χ1) is 12.4. The lowest BCUT2D eigenvalue weighted by atomic mass is 9.97. The number of nitrogens with zero attached hydrogens (tertiary/aromatic N) is 1. The summed E-state index contributed by atoms with van der Waals surface area (Å²) >= 11 is 0. The van der Waals surface area contributed by atoms with Crippen molar-refractivity contribution in [2.75, 3.05) is 5.32 Å². The number of para-hydroxylation sites is 1. The molecule has 0 spiro atoms. The number of aryl methyl sites for hydroxylation is 1. The number of Topliss-reactive ketones (excluding diaryl/α,β-unsaturated/α-hetero) is 1. The van der Waals surface area contributed by atoms with E-state index in [0.717, 1.165) is 0 Å². The normalized spacial score (nSPS) is 16.3. The molecule has 0 aromatic heterocycles. The average molecular weight is 354 g/mol. The molecule has 0 radical (unpaired) electrons. The predicted octanol–water partition coefficient (Wildman–Crippen LogP) is 2.06. The van der Waals surface area contributed by atoms with Gasteiger partial charge in [-0.05, 0) is 24.6 Å². The zero-order valence-corrected chi connectivity index (χ0v) is 13.7. The zero-order chi connectivity index (χ0) is 18.8. The second-order valence-electron chi connectivity index (χ2n) is 5.78. The van der Waals surface area contributed by atoms with Crippen LogP contribution in [0.2, 0.25) is 0 Å². The smallest absolute Gasteiger partial charge is 0.339 e. The molecule has 1 N–H and O–H groups in total.